The van der Waals surface area contributed by atoms with Crippen molar-refractivity contribution in [1.82, 2.24) is 5.32 Å². The molecule has 0 aliphatic rings. The van der Waals surface area contributed by atoms with Gasteiger partial charge < -0.3 is 19.9 Å². The van der Waals surface area contributed by atoms with Crippen molar-refractivity contribution >= 4 is 23.7 Å². The molecule has 0 bridgehead atoms. The van der Waals surface area contributed by atoms with Crippen LogP contribution in [-0.4, -0.2) is 36.4 Å². The second kappa shape index (κ2) is 8.06. The molecule has 23 heavy (non-hydrogen) atoms. The van der Waals surface area contributed by atoms with Gasteiger partial charge in [-0.3, -0.25) is 4.79 Å². The average molecular weight is 344 g/mol. The van der Waals surface area contributed by atoms with Crippen LogP contribution in [0.15, 0.2) is 18.2 Å². The predicted molar refractivity (Wildman–Crippen MR) is 87.1 cm³/mol. The fraction of sp³-hybridized carbons (Fsp3) is 0.500. The molecule has 0 heterocycles. The van der Waals surface area contributed by atoms with Crippen molar-refractivity contribution in [3.05, 3.63) is 28.8 Å². The number of methoxy groups -OCH3 is 1. The lowest BCUT2D eigenvalue weighted by molar-refractivity contribution is -0.141. The first-order valence-electron chi connectivity index (χ1n) is 7.14. The number of aliphatic carboxylic acids is 1. The molecule has 1 amide bonds. The van der Waals surface area contributed by atoms with Crippen LogP contribution < -0.4 is 10.1 Å². The maximum atomic E-state index is 11.6. The molecule has 2 N–H and O–H groups in total. The molecule has 0 aliphatic carbocycles. The highest BCUT2D eigenvalue weighted by Crippen LogP contribution is 2.25. The Balaban J connectivity index is 2.75. The van der Waals surface area contributed by atoms with E-state index in [-0.39, 0.29) is 13.0 Å². The van der Waals surface area contributed by atoms with Gasteiger partial charge in [-0.1, -0.05) is 11.6 Å². The summed E-state index contributed by atoms with van der Waals surface area (Å²) in [4.78, 5) is 23.1. The molecule has 1 rings (SSSR count). The molecule has 0 unspecified atom stereocenters. The Labute approximate surface area is 140 Å². The average Bonchev–Trinajstić information content (AvgIpc) is 2.41. The molecule has 0 fully saturated rings. The number of carboxylic acid groups (broad SMARTS) is 1. The summed E-state index contributed by atoms with van der Waals surface area (Å²) in [6.07, 6.45) is -0.476. The predicted octanol–water partition coefficient (Wildman–Crippen LogP) is 3.12. The number of carbonyl (C=O) groups excluding carboxylic acids is 1. The van der Waals surface area contributed by atoms with Crippen molar-refractivity contribution in [2.24, 2.45) is 5.92 Å². The summed E-state index contributed by atoms with van der Waals surface area (Å²) in [7, 11) is 1.50. The summed E-state index contributed by atoms with van der Waals surface area (Å²) in [6, 6.07) is 5.00. The number of carbonyl (C=O) groups is 2. The topological polar surface area (TPSA) is 84.9 Å². The quantitative estimate of drug-likeness (QED) is 0.829. The van der Waals surface area contributed by atoms with E-state index in [1.807, 2.05) is 0 Å². The van der Waals surface area contributed by atoms with Crippen LogP contribution in [0, 0.1) is 5.92 Å². The molecule has 1 aromatic carbocycles. The number of hydrogen-bond acceptors (Lipinski definition) is 4. The molecule has 1 aromatic rings. The van der Waals surface area contributed by atoms with Crippen LogP contribution in [-0.2, 0) is 16.0 Å². The van der Waals surface area contributed by atoms with Crippen molar-refractivity contribution in [3.8, 4) is 5.75 Å². The van der Waals surface area contributed by atoms with Gasteiger partial charge in [0.25, 0.3) is 0 Å². The van der Waals surface area contributed by atoms with Gasteiger partial charge in [-0.2, -0.15) is 0 Å². The maximum Gasteiger partial charge on any atom is 0.407 e. The van der Waals surface area contributed by atoms with Crippen molar-refractivity contribution < 1.29 is 24.2 Å². The molecular weight excluding hydrogens is 322 g/mol. The summed E-state index contributed by atoms with van der Waals surface area (Å²) in [5.41, 5.74) is 0.0253. The minimum atomic E-state index is -1.02. The molecule has 0 aromatic heterocycles. The van der Waals surface area contributed by atoms with E-state index >= 15 is 0 Å². The fourth-order valence-corrected chi connectivity index (χ4v) is 2.13. The number of hydrogen-bond donors (Lipinski definition) is 2. The van der Waals surface area contributed by atoms with Gasteiger partial charge >= 0.3 is 12.1 Å². The normalized spacial score (nSPS) is 12.4. The zero-order valence-electron chi connectivity index (χ0n) is 13.7. The number of nitrogens with one attached hydrogen (secondary N) is 1. The summed E-state index contributed by atoms with van der Waals surface area (Å²) >= 11 is 5.94. The van der Waals surface area contributed by atoms with Crippen molar-refractivity contribution in [2.75, 3.05) is 13.7 Å². The Bertz CT molecular complexity index is 568. The Hall–Kier alpha value is -1.95. The molecule has 7 heteroatoms. The second-order valence-corrected chi connectivity index (χ2v) is 6.51. The molecule has 0 spiro atoms. The first-order valence-corrected chi connectivity index (χ1v) is 7.52. The lowest BCUT2D eigenvalue weighted by atomic mass is 9.98. The van der Waals surface area contributed by atoms with Gasteiger partial charge in [0.2, 0.25) is 0 Å². The molecule has 1 atom stereocenters. The van der Waals surface area contributed by atoms with Gasteiger partial charge in [0.1, 0.15) is 11.4 Å². The smallest absolute Gasteiger partial charge is 0.407 e. The summed E-state index contributed by atoms with van der Waals surface area (Å²) < 4.78 is 10.3. The number of halogens is 1. The van der Waals surface area contributed by atoms with Crippen LogP contribution in [0.3, 0.4) is 0 Å². The van der Waals surface area contributed by atoms with Gasteiger partial charge in [0.05, 0.1) is 13.0 Å². The third-order valence-electron chi connectivity index (χ3n) is 2.95. The SMILES string of the molecule is COc1ccc(Cl)cc1C[C@H](CNC(=O)OC(C)(C)C)C(=O)O. The van der Waals surface area contributed by atoms with E-state index in [9.17, 15) is 14.7 Å². The van der Waals surface area contributed by atoms with Gasteiger partial charge in [-0.05, 0) is 51.0 Å². The molecule has 0 radical (unpaired) electrons. The summed E-state index contributed by atoms with van der Waals surface area (Å²) in [6.45, 7) is 5.15. The zero-order valence-corrected chi connectivity index (χ0v) is 14.4. The van der Waals surface area contributed by atoms with Crippen molar-refractivity contribution in [2.45, 2.75) is 32.8 Å². The molecule has 6 nitrogen and oxygen atoms in total. The number of benzene rings is 1. The molecule has 0 saturated heterocycles. The van der Waals surface area contributed by atoms with E-state index in [4.69, 9.17) is 21.1 Å². The van der Waals surface area contributed by atoms with Gasteiger partial charge in [0.15, 0.2) is 0 Å². The molecule has 128 valence electrons. The summed E-state index contributed by atoms with van der Waals surface area (Å²) in [5.74, 6) is -1.30. The van der Waals surface area contributed by atoms with E-state index in [0.717, 1.165) is 0 Å². The van der Waals surface area contributed by atoms with Crippen molar-refractivity contribution in [1.29, 1.82) is 0 Å². The van der Waals surface area contributed by atoms with Crippen LogP contribution in [0.2, 0.25) is 5.02 Å². The Morgan fingerprint density at radius 3 is 2.52 bits per heavy atom. The highest BCUT2D eigenvalue weighted by Gasteiger charge is 2.23. The monoisotopic (exact) mass is 343 g/mol. The minimum Gasteiger partial charge on any atom is -0.496 e. The van der Waals surface area contributed by atoms with E-state index in [1.54, 1.807) is 39.0 Å². The zero-order chi connectivity index (χ0) is 17.6. The van der Waals surface area contributed by atoms with E-state index in [0.29, 0.717) is 16.3 Å². The first-order chi connectivity index (χ1) is 10.6. The largest absolute Gasteiger partial charge is 0.496 e. The lowest BCUT2D eigenvalue weighted by Crippen LogP contribution is -2.37. The third kappa shape index (κ3) is 6.78. The highest BCUT2D eigenvalue weighted by atomic mass is 35.5. The fourth-order valence-electron chi connectivity index (χ4n) is 1.94. The third-order valence-corrected chi connectivity index (χ3v) is 3.18. The van der Waals surface area contributed by atoms with Gasteiger partial charge in [-0.15, -0.1) is 0 Å². The van der Waals surface area contributed by atoms with Gasteiger partial charge in [-0.25, -0.2) is 4.79 Å². The minimum absolute atomic E-state index is 0.0556. The first kappa shape index (κ1) is 19.1. The Morgan fingerprint density at radius 1 is 1.35 bits per heavy atom. The van der Waals surface area contributed by atoms with E-state index in [2.05, 4.69) is 5.32 Å². The maximum absolute atomic E-state index is 11.6. The van der Waals surface area contributed by atoms with Crippen molar-refractivity contribution in [3.63, 3.8) is 0 Å². The van der Waals surface area contributed by atoms with E-state index in [1.165, 1.54) is 7.11 Å². The van der Waals surface area contributed by atoms with E-state index < -0.39 is 23.6 Å². The van der Waals surface area contributed by atoms with Crippen LogP contribution in [0.25, 0.3) is 0 Å². The highest BCUT2D eigenvalue weighted by molar-refractivity contribution is 6.30. The van der Waals surface area contributed by atoms with Crippen LogP contribution >= 0.6 is 11.6 Å². The molecule has 0 saturated carbocycles. The molecular formula is C16H22ClNO5. The number of carboxylic acids is 1. The number of rotatable bonds is 6. The number of ether oxygens (including phenoxy) is 2. The molecule has 0 aliphatic heterocycles. The Morgan fingerprint density at radius 2 is 2.00 bits per heavy atom. The second-order valence-electron chi connectivity index (χ2n) is 6.08. The standard InChI is InChI=1S/C16H22ClNO5/c1-16(2,3)23-15(21)18-9-11(14(19)20)7-10-8-12(17)5-6-13(10)22-4/h5-6,8,11H,7,9H2,1-4H3,(H,18,21)(H,19,20)/t11-/m1/s1. The van der Waals surface area contributed by atoms with Crippen LogP contribution in [0.4, 0.5) is 4.79 Å². The number of alkyl carbamates (subject to hydrolysis) is 1. The number of amides is 1. The van der Waals surface area contributed by atoms with Crippen LogP contribution in [0.1, 0.15) is 26.3 Å². The van der Waals surface area contributed by atoms with Crippen LogP contribution in [0.5, 0.6) is 5.75 Å². The lowest BCUT2D eigenvalue weighted by Gasteiger charge is -2.21. The summed E-state index contributed by atoms with van der Waals surface area (Å²) in [5, 5.41) is 12.3. The Kier molecular flexibility index (Phi) is 6.69. The van der Waals surface area contributed by atoms with Gasteiger partial charge in [0, 0.05) is 11.6 Å².